The van der Waals surface area contributed by atoms with Crippen LogP contribution in [0.25, 0.3) is 0 Å². The van der Waals surface area contributed by atoms with Crippen LogP contribution in [0, 0.1) is 0 Å². The first-order valence-electron chi connectivity index (χ1n) is 25.2. The molecule has 0 aromatic rings. The molecule has 0 aliphatic heterocycles. The zero-order valence-corrected chi connectivity index (χ0v) is 38.4. The Kier molecular flexibility index (Phi) is 45.3. The molecule has 0 bridgehead atoms. The monoisotopic (exact) mass is 805 g/mol. The van der Waals surface area contributed by atoms with Gasteiger partial charge in [0.1, 0.15) is 13.2 Å². The molecular weight excluding hydrogens is 709 g/mol. The van der Waals surface area contributed by atoms with E-state index in [0.717, 1.165) is 70.6 Å². The van der Waals surface area contributed by atoms with Gasteiger partial charge in [0.05, 0.1) is 0 Å². The Morgan fingerprint density at radius 3 is 0.895 bits per heavy atom. The second kappa shape index (κ2) is 46.8. The van der Waals surface area contributed by atoms with Crippen LogP contribution in [0.4, 0.5) is 0 Å². The minimum Gasteiger partial charge on any atom is -0.462 e. The van der Waals surface area contributed by atoms with Gasteiger partial charge in [0.2, 0.25) is 0 Å². The number of hydrogen-bond acceptors (Lipinski definition) is 6. The average molecular weight is 805 g/mol. The minimum absolute atomic E-state index is 0.0712. The number of esters is 3. The van der Waals surface area contributed by atoms with Crippen LogP contribution < -0.4 is 0 Å². The summed E-state index contributed by atoms with van der Waals surface area (Å²) in [5.41, 5.74) is 0. The Labute approximate surface area is 354 Å². The highest BCUT2D eigenvalue weighted by Crippen LogP contribution is 2.16. The molecule has 0 radical (unpaired) electrons. The van der Waals surface area contributed by atoms with E-state index in [1.165, 1.54) is 167 Å². The Bertz CT molecular complexity index is 885. The molecule has 0 aromatic carbocycles. The van der Waals surface area contributed by atoms with Gasteiger partial charge < -0.3 is 14.2 Å². The fourth-order valence-corrected chi connectivity index (χ4v) is 7.44. The van der Waals surface area contributed by atoms with Gasteiger partial charge in [-0.05, 0) is 44.9 Å². The summed E-state index contributed by atoms with van der Waals surface area (Å²) in [7, 11) is 0. The van der Waals surface area contributed by atoms with E-state index in [9.17, 15) is 14.4 Å². The second-order valence-electron chi connectivity index (χ2n) is 17.1. The van der Waals surface area contributed by atoms with Crippen molar-refractivity contribution in [1.82, 2.24) is 0 Å². The molecule has 0 aliphatic rings. The van der Waals surface area contributed by atoms with Crippen molar-refractivity contribution in [3.63, 3.8) is 0 Å². The topological polar surface area (TPSA) is 78.9 Å². The van der Waals surface area contributed by atoms with Crippen molar-refractivity contribution < 1.29 is 28.6 Å². The normalized spacial score (nSPS) is 12.0. The van der Waals surface area contributed by atoms with Crippen LogP contribution in [-0.2, 0) is 28.6 Å². The lowest BCUT2D eigenvalue weighted by atomic mass is 10.0. The predicted molar refractivity (Wildman–Crippen MR) is 243 cm³/mol. The fraction of sp³-hybridized carbons (Fsp3) is 0.902. The van der Waals surface area contributed by atoms with E-state index in [2.05, 4.69) is 32.9 Å². The quantitative estimate of drug-likeness (QED) is 0.0264. The molecule has 0 amide bonds. The average Bonchev–Trinajstić information content (AvgIpc) is 3.21. The van der Waals surface area contributed by atoms with Crippen molar-refractivity contribution in [2.45, 2.75) is 284 Å². The summed E-state index contributed by atoms with van der Waals surface area (Å²) in [5.74, 6) is -0.876. The third kappa shape index (κ3) is 45.1. The van der Waals surface area contributed by atoms with Crippen LogP contribution >= 0.6 is 0 Å². The lowest BCUT2D eigenvalue weighted by molar-refractivity contribution is -0.167. The number of carbonyl (C=O) groups excluding carboxylic acids is 3. The molecule has 6 heteroatoms. The summed E-state index contributed by atoms with van der Waals surface area (Å²) < 4.78 is 16.7. The SMILES string of the molecule is CCCCCCCCC/C=C\CCCCCC(=O)OC(COC(=O)CCCCCCCCCCC)COC(=O)CCCCCCCCCCCCCCCCCC. The fourth-order valence-electron chi connectivity index (χ4n) is 7.44. The molecule has 0 N–H and O–H groups in total. The van der Waals surface area contributed by atoms with Crippen molar-refractivity contribution in [2.24, 2.45) is 0 Å². The Hall–Kier alpha value is -1.85. The summed E-state index contributed by atoms with van der Waals surface area (Å²) in [4.78, 5) is 37.8. The number of allylic oxidation sites excluding steroid dienone is 2. The number of rotatable bonds is 46. The first-order chi connectivity index (χ1) is 28.0. The molecule has 57 heavy (non-hydrogen) atoms. The maximum absolute atomic E-state index is 12.7. The molecule has 0 rings (SSSR count). The van der Waals surface area contributed by atoms with Crippen LogP contribution in [-0.4, -0.2) is 37.2 Å². The molecule has 1 unspecified atom stereocenters. The number of hydrogen-bond donors (Lipinski definition) is 0. The van der Waals surface area contributed by atoms with Gasteiger partial charge in [0.15, 0.2) is 6.10 Å². The first kappa shape index (κ1) is 55.2. The summed E-state index contributed by atoms with van der Waals surface area (Å²) in [6, 6.07) is 0. The highest BCUT2D eigenvalue weighted by Gasteiger charge is 2.19. The van der Waals surface area contributed by atoms with E-state index in [-0.39, 0.29) is 31.1 Å². The third-order valence-electron chi connectivity index (χ3n) is 11.3. The summed E-state index contributed by atoms with van der Waals surface area (Å²) >= 11 is 0. The molecule has 336 valence electrons. The van der Waals surface area contributed by atoms with E-state index in [0.29, 0.717) is 19.3 Å². The van der Waals surface area contributed by atoms with E-state index in [1.807, 2.05) is 0 Å². The Morgan fingerprint density at radius 2 is 0.579 bits per heavy atom. The van der Waals surface area contributed by atoms with E-state index >= 15 is 0 Å². The van der Waals surface area contributed by atoms with Crippen LogP contribution in [0.15, 0.2) is 12.2 Å². The lowest BCUT2D eigenvalue weighted by Crippen LogP contribution is -2.30. The zero-order chi connectivity index (χ0) is 41.5. The van der Waals surface area contributed by atoms with E-state index in [4.69, 9.17) is 14.2 Å². The summed E-state index contributed by atoms with van der Waals surface area (Å²) in [5, 5.41) is 0. The maximum atomic E-state index is 12.7. The van der Waals surface area contributed by atoms with Crippen molar-refractivity contribution in [1.29, 1.82) is 0 Å². The van der Waals surface area contributed by atoms with Gasteiger partial charge in [-0.1, -0.05) is 226 Å². The van der Waals surface area contributed by atoms with Gasteiger partial charge >= 0.3 is 17.9 Å². The molecule has 1 atom stereocenters. The van der Waals surface area contributed by atoms with Crippen molar-refractivity contribution in [2.75, 3.05) is 13.2 Å². The van der Waals surface area contributed by atoms with Gasteiger partial charge in [0.25, 0.3) is 0 Å². The highest BCUT2D eigenvalue weighted by atomic mass is 16.6. The number of carbonyl (C=O) groups is 3. The van der Waals surface area contributed by atoms with Crippen molar-refractivity contribution >= 4 is 17.9 Å². The third-order valence-corrected chi connectivity index (χ3v) is 11.3. The van der Waals surface area contributed by atoms with Gasteiger partial charge in [-0.15, -0.1) is 0 Å². The molecule has 0 heterocycles. The van der Waals surface area contributed by atoms with Crippen molar-refractivity contribution in [3.05, 3.63) is 12.2 Å². The molecule has 6 nitrogen and oxygen atoms in total. The van der Waals surface area contributed by atoms with Crippen LogP contribution in [0.5, 0.6) is 0 Å². The van der Waals surface area contributed by atoms with Crippen molar-refractivity contribution in [3.8, 4) is 0 Å². The highest BCUT2D eigenvalue weighted by molar-refractivity contribution is 5.71. The van der Waals surface area contributed by atoms with E-state index in [1.54, 1.807) is 0 Å². The predicted octanol–water partition coefficient (Wildman–Crippen LogP) is 16.2. The Morgan fingerprint density at radius 1 is 0.333 bits per heavy atom. The van der Waals surface area contributed by atoms with E-state index < -0.39 is 6.10 Å². The molecule has 0 spiro atoms. The smallest absolute Gasteiger partial charge is 0.306 e. The van der Waals surface area contributed by atoms with Gasteiger partial charge in [-0.25, -0.2) is 0 Å². The van der Waals surface area contributed by atoms with Crippen LogP contribution in [0.2, 0.25) is 0 Å². The van der Waals surface area contributed by atoms with Gasteiger partial charge in [-0.3, -0.25) is 14.4 Å². The lowest BCUT2D eigenvalue weighted by Gasteiger charge is -2.18. The number of ether oxygens (including phenoxy) is 3. The Balaban J connectivity index is 4.30. The summed E-state index contributed by atoms with van der Waals surface area (Å²) in [6.45, 7) is 6.63. The number of unbranched alkanes of at least 4 members (excludes halogenated alkanes) is 33. The minimum atomic E-state index is -0.770. The first-order valence-corrected chi connectivity index (χ1v) is 25.2. The standard InChI is InChI=1S/C51H96O6/c1-4-7-10-13-16-19-21-23-25-26-28-29-32-35-38-41-44-50(53)56-47-48(46-55-49(52)43-40-37-34-31-18-15-12-9-6-3)57-51(54)45-42-39-36-33-30-27-24-22-20-17-14-11-8-5-2/h27,30,48H,4-26,28-29,31-47H2,1-3H3/b30-27-. The molecule has 0 aliphatic carbocycles. The van der Waals surface area contributed by atoms with Crippen LogP contribution in [0.1, 0.15) is 278 Å². The zero-order valence-electron chi connectivity index (χ0n) is 38.4. The van der Waals surface area contributed by atoms with Crippen LogP contribution in [0.3, 0.4) is 0 Å². The van der Waals surface area contributed by atoms with Gasteiger partial charge in [0, 0.05) is 19.3 Å². The van der Waals surface area contributed by atoms with Gasteiger partial charge in [-0.2, -0.15) is 0 Å². The summed E-state index contributed by atoms with van der Waals surface area (Å²) in [6.07, 6.45) is 50.5. The second-order valence-corrected chi connectivity index (χ2v) is 17.1. The molecule has 0 aromatic heterocycles. The molecule has 0 saturated carbocycles. The molecular formula is C51H96O6. The maximum Gasteiger partial charge on any atom is 0.306 e. The molecule has 0 fully saturated rings. The molecule has 0 saturated heterocycles. The largest absolute Gasteiger partial charge is 0.462 e.